The minimum Gasteiger partial charge on any atom is -0.508 e. The number of hydrogen-bond acceptors (Lipinski definition) is 5. The molecular formula is C21H21ClN2O3. The van der Waals surface area contributed by atoms with Crippen molar-refractivity contribution >= 4 is 28.3 Å². The lowest BCUT2D eigenvalue weighted by Crippen LogP contribution is -2.46. The monoisotopic (exact) mass is 384 g/mol. The first-order valence-electron chi connectivity index (χ1n) is 9.00. The van der Waals surface area contributed by atoms with Crippen LogP contribution in [0, 0.1) is 6.92 Å². The zero-order valence-electron chi connectivity index (χ0n) is 15.1. The van der Waals surface area contributed by atoms with Gasteiger partial charge < -0.3 is 14.4 Å². The third-order valence-electron chi connectivity index (χ3n) is 5.18. The molecule has 2 heterocycles. The van der Waals surface area contributed by atoms with Crippen LogP contribution >= 0.6 is 11.6 Å². The third kappa shape index (κ3) is 3.53. The van der Waals surface area contributed by atoms with Crippen molar-refractivity contribution in [3.05, 3.63) is 69.0 Å². The Kier molecular flexibility index (Phi) is 4.81. The van der Waals surface area contributed by atoms with E-state index >= 15 is 0 Å². The number of anilines is 1. The fourth-order valence-corrected chi connectivity index (χ4v) is 3.90. The van der Waals surface area contributed by atoms with Gasteiger partial charge in [-0.05, 0) is 36.8 Å². The van der Waals surface area contributed by atoms with Crippen LogP contribution in [0.3, 0.4) is 0 Å². The van der Waals surface area contributed by atoms with Crippen LogP contribution in [0.2, 0.25) is 5.02 Å². The van der Waals surface area contributed by atoms with Gasteiger partial charge in [-0.25, -0.2) is 4.79 Å². The van der Waals surface area contributed by atoms with Gasteiger partial charge in [0.25, 0.3) is 0 Å². The van der Waals surface area contributed by atoms with E-state index in [2.05, 4.69) is 9.80 Å². The summed E-state index contributed by atoms with van der Waals surface area (Å²) in [5, 5.41) is 11.5. The highest BCUT2D eigenvalue weighted by molar-refractivity contribution is 6.33. The molecule has 1 saturated heterocycles. The molecule has 140 valence electrons. The minimum atomic E-state index is -0.388. The average molecular weight is 385 g/mol. The smallest absolute Gasteiger partial charge is 0.336 e. The molecule has 0 aliphatic carbocycles. The molecule has 27 heavy (non-hydrogen) atoms. The van der Waals surface area contributed by atoms with E-state index in [-0.39, 0.29) is 11.4 Å². The van der Waals surface area contributed by atoms with Crippen molar-refractivity contribution in [3.8, 4) is 5.75 Å². The molecule has 5 nitrogen and oxygen atoms in total. The summed E-state index contributed by atoms with van der Waals surface area (Å²) in [5.74, 6) is 0.135. The molecule has 0 saturated carbocycles. The topological polar surface area (TPSA) is 56.9 Å². The Morgan fingerprint density at radius 1 is 1.11 bits per heavy atom. The Morgan fingerprint density at radius 3 is 2.59 bits per heavy atom. The molecule has 0 bridgehead atoms. The second kappa shape index (κ2) is 7.25. The number of benzene rings is 2. The highest BCUT2D eigenvalue weighted by Crippen LogP contribution is 2.29. The van der Waals surface area contributed by atoms with E-state index in [1.807, 2.05) is 30.3 Å². The van der Waals surface area contributed by atoms with Gasteiger partial charge >= 0.3 is 5.63 Å². The predicted molar refractivity (Wildman–Crippen MR) is 108 cm³/mol. The van der Waals surface area contributed by atoms with E-state index < -0.39 is 0 Å². The lowest BCUT2D eigenvalue weighted by atomic mass is 10.1. The number of piperazine rings is 1. The van der Waals surface area contributed by atoms with E-state index in [9.17, 15) is 9.90 Å². The number of rotatable bonds is 3. The number of para-hydroxylation sites is 1. The van der Waals surface area contributed by atoms with Crippen molar-refractivity contribution in [1.29, 1.82) is 0 Å². The van der Waals surface area contributed by atoms with Gasteiger partial charge in [0.1, 0.15) is 11.3 Å². The van der Waals surface area contributed by atoms with E-state index in [1.165, 1.54) is 0 Å². The Hall–Kier alpha value is -2.50. The van der Waals surface area contributed by atoms with Crippen LogP contribution in [0.5, 0.6) is 5.75 Å². The normalized spacial score (nSPS) is 15.4. The Balaban J connectivity index is 1.54. The summed E-state index contributed by atoms with van der Waals surface area (Å²) in [6, 6.07) is 12.9. The standard InChI is InChI=1S/C21H21ClN2O3/c1-14-19(25)7-6-16-15(12-20(26)27-21(14)16)13-23-8-10-24(11-9-23)18-5-3-2-4-17(18)22/h2-7,12,25H,8-11,13H2,1H3. The lowest BCUT2D eigenvalue weighted by molar-refractivity contribution is 0.250. The van der Waals surface area contributed by atoms with E-state index in [0.717, 1.165) is 47.8 Å². The van der Waals surface area contributed by atoms with Crippen LogP contribution in [-0.2, 0) is 6.54 Å². The number of hydrogen-bond donors (Lipinski definition) is 1. The van der Waals surface area contributed by atoms with E-state index in [1.54, 1.807) is 19.1 Å². The molecular weight excluding hydrogens is 364 g/mol. The Bertz CT molecular complexity index is 1040. The van der Waals surface area contributed by atoms with Crippen LogP contribution in [0.25, 0.3) is 11.0 Å². The fraction of sp³-hybridized carbons (Fsp3) is 0.286. The molecule has 1 fully saturated rings. The van der Waals surface area contributed by atoms with Gasteiger partial charge in [-0.15, -0.1) is 0 Å². The van der Waals surface area contributed by atoms with Gasteiger partial charge in [0.15, 0.2) is 0 Å². The van der Waals surface area contributed by atoms with Crippen LogP contribution in [0.15, 0.2) is 51.7 Å². The molecule has 1 aromatic heterocycles. The van der Waals surface area contributed by atoms with Crippen molar-refractivity contribution in [1.82, 2.24) is 4.90 Å². The zero-order valence-corrected chi connectivity index (χ0v) is 15.9. The predicted octanol–water partition coefficient (Wildman–Crippen LogP) is 3.78. The maximum absolute atomic E-state index is 12.0. The average Bonchev–Trinajstić information content (AvgIpc) is 2.66. The van der Waals surface area contributed by atoms with Gasteiger partial charge in [-0.2, -0.15) is 0 Å². The molecule has 1 N–H and O–H groups in total. The zero-order chi connectivity index (χ0) is 19.0. The first kappa shape index (κ1) is 17.9. The summed E-state index contributed by atoms with van der Waals surface area (Å²) >= 11 is 6.31. The summed E-state index contributed by atoms with van der Waals surface area (Å²) < 4.78 is 5.33. The quantitative estimate of drug-likeness (QED) is 0.696. The van der Waals surface area contributed by atoms with Crippen LogP contribution in [0.1, 0.15) is 11.1 Å². The number of halogens is 1. The van der Waals surface area contributed by atoms with Crippen LogP contribution in [-0.4, -0.2) is 36.2 Å². The molecule has 0 amide bonds. The first-order valence-corrected chi connectivity index (χ1v) is 9.38. The van der Waals surface area contributed by atoms with Gasteiger partial charge in [0.2, 0.25) is 0 Å². The maximum Gasteiger partial charge on any atom is 0.336 e. The summed E-state index contributed by atoms with van der Waals surface area (Å²) in [6.45, 7) is 5.94. The number of aromatic hydroxyl groups is 1. The molecule has 0 unspecified atom stereocenters. The molecule has 1 aliphatic rings. The molecule has 0 spiro atoms. The lowest BCUT2D eigenvalue weighted by Gasteiger charge is -2.36. The molecule has 0 radical (unpaired) electrons. The van der Waals surface area contributed by atoms with Gasteiger partial charge in [-0.3, -0.25) is 4.90 Å². The van der Waals surface area contributed by atoms with Crippen molar-refractivity contribution in [2.45, 2.75) is 13.5 Å². The number of fused-ring (bicyclic) bond motifs is 1. The van der Waals surface area contributed by atoms with Crippen molar-refractivity contribution in [2.24, 2.45) is 0 Å². The molecule has 0 atom stereocenters. The molecule has 4 rings (SSSR count). The second-order valence-corrected chi connectivity index (χ2v) is 7.30. The summed E-state index contributed by atoms with van der Waals surface area (Å²) in [5.41, 5.74) is 2.66. The number of aryl methyl sites for hydroxylation is 1. The third-order valence-corrected chi connectivity index (χ3v) is 5.50. The van der Waals surface area contributed by atoms with Crippen molar-refractivity contribution in [2.75, 3.05) is 31.1 Å². The van der Waals surface area contributed by atoms with Crippen molar-refractivity contribution < 1.29 is 9.52 Å². The molecule has 3 aromatic rings. The summed E-state index contributed by atoms with van der Waals surface area (Å²) in [6.07, 6.45) is 0. The number of phenols is 1. The molecule has 1 aliphatic heterocycles. The molecule has 2 aromatic carbocycles. The molecule has 6 heteroatoms. The first-order chi connectivity index (χ1) is 13.0. The minimum absolute atomic E-state index is 0.135. The summed E-state index contributed by atoms with van der Waals surface area (Å²) in [4.78, 5) is 16.6. The van der Waals surface area contributed by atoms with Crippen molar-refractivity contribution in [3.63, 3.8) is 0 Å². The van der Waals surface area contributed by atoms with Crippen LogP contribution in [0.4, 0.5) is 5.69 Å². The van der Waals surface area contributed by atoms with Gasteiger partial charge in [0, 0.05) is 49.7 Å². The Morgan fingerprint density at radius 2 is 1.85 bits per heavy atom. The number of phenolic OH excluding ortho intramolecular Hbond substituents is 1. The van der Waals surface area contributed by atoms with E-state index in [4.69, 9.17) is 16.0 Å². The highest BCUT2D eigenvalue weighted by Gasteiger charge is 2.20. The second-order valence-electron chi connectivity index (χ2n) is 6.89. The fourth-order valence-electron chi connectivity index (χ4n) is 3.64. The Labute approximate surface area is 162 Å². The number of nitrogens with zero attached hydrogens (tertiary/aromatic N) is 2. The highest BCUT2D eigenvalue weighted by atomic mass is 35.5. The SMILES string of the molecule is Cc1c(O)ccc2c(CN3CCN(c4ccccc4Cl)CC3)cc(=O)oc12. The largest absolute Gasteiger partial charge is 0.508 e. The van der Waals surface area contributed by atoms with E-state index in [0.29, 0.717) is 17.7 Å². The maximum atomic E-state index is 12.0. The van der Waals surface area contributed by atoms with Gasteiger partial charge in [-0.1, -0.05) is 23.7 Å². The summed E-state index contributed by atoms with van der Waals surface area (Å²) in [7, 11) is 0. The van der Waals surface area contributed by atoms with Crippen LogP contribution < -0.4 is 10.5 Å². The van der Waals surface area contributed by atoms with Gasteiger partial charge in [0.05, 0.1) is 10.7 Å².